The second kappa shape index (κ2) is 6.08. The van der Waals surface area contributed by atoms with E-state index in [1.165, 1.54) is 20.4 Å². The molecule has 1 rings (SSSR count). The van der Waals surface area contributed by atoms with E-state index in [0.717, 1.165) is 0 Å². The molecular formula is C10H10F2INO3. The van der Waals surface area contributed by atoms with E-state index in [-0.39, 0.29) is 23.4 Å². The van der Waals surface area contributed by atoms with Gasteiger partial charge in [-0.3, -0.25) is 9.78 Å². The van der Waals surface area contributed by atoms with Crippen LogP contribution in [0.3, 0.4) is 0 Å². The second-order valence-electron chi connectivity index (χ2n) is 3.05. The number of nitrogens with zero attached hydrogens (tertiary/aromatic N) is 1. The number of hydrogen-bond donors (Lipinski definition) is 0. The van der Waals surface area contributed by atoms with Crippen molar-refractivity contribution in [3.63, 3.8) is 0 Å². The highest BCUT2D eigenvalue weighted by atomic mass is 127. The van der Waals surface area contributed by atoms with Gasteiger partial charge in [-0.15, -0.1) is 0 Å². The fourth-order valence-electron chi connectivity index (χ4n) is 1.30. The highest BCUT2D eigenvalue weighted by Gasteiger charge is 2.24. The molecule has 0 aliphatic heterocycles. The number of esters is 1. The topological polar surface area (TPSA) is 48.4 Å². The summed E-state index contributed by atoms with van der Waals surface area (Å²) >= 11 is 1.84. The Balaban J connectivity index is 3.25. The van der Waals surface area contributed by atoms with Crippen molar-refractivity contribution in [1.29, 1.82) is 0 Å². The highest BCUT2D eigenvalue weighted by molar-refractivity contribution is 14.1. The molecule has 94 valence electrons. The molecule has 1 aromatic heterocycles. The van der Waals surface area contributed by atoms with Gasteiger partial charge in [0.1, 0.15) is 5.75 Å². The van der Waals surface area contributed by atoms with Gasteiger partial charge in [0, 0.05) is 6.20 Å². The molecule has 0 saturated heterocycles. The van der Waals surface area contributed by atoms with Crippen LogP contribution in [0.1, 0.15) is 17.7 Å². The van der Waals surface area contributed by atoms with E-state index in [4.69, 9.17) is 4.74 Å². The third-order valence-corrected chi connectivity index (χ3v) is 2.84. The zero-order valence-electron chi connectivity index (χ0n) is 9.17. The molecule has 0 bridgehead atoms. The molecular weight excluding hydrogens is 347 g/mol. The molecule has 0 aromatic carbocycles. The maximum atomic E-state index is 12.9. The molecule has 7 heteroatoms. The van der Waals surface area contributed by atoms with E-state index in [2.05, 4.69) is 9.72 Å². The van der Waals surface area contributed by atoms with Gasteiger partial charge < -0.3 is 9.47 Å². The van der Waals surface area contributed by atoms with Gasteiger partial charge in [0.25, 0.3) is 6.43 Å². The van der Waals surface area contributed by atoms with Crippen LogP contribution >= 0.6 is 22.6 Å². The van der Waals surface area contributed by atoms with Gasteiger partial charge in [-0.2, -0.15) is 0 Å². The Kier molecular flexibility index (Phi) is 5.03. The molecule has 0 unspecified atom stereocenters. The molecule has 1 heterocycles. The quantitative estimate of drug-likeness (QED) is 0.613. The molecule has 0 N–H and O–H groups in total. The number of carbonyl (C=O) groups is 1. The van der Waals surface area contributed by atoms with Gasteiger partial charge in [-0.25, -0.2) is 8.78 Å². The van der Waals surface area contributed by atoms with Gasteiger partial charge in [-0.05, 0) is 22.6 Å². The lowest BCUT2D eigenvalue weighted by atomic mass is 10.1. The molecule has 0 atom stereocenters. The van der Waals surface area contributed by atoms with Crippen LogP contribution in [0.5, 0.6) is 5.75 Å². The number of methoxy groups -OCH3 is 2. The second-order valence-corrected chi connectivity index (χ2v) is 4.22. The van der Waals surface area contributed by atoms with Crippen molar-refractivity contribution >= 4 is 28.6 Å². The highest BCUT2D eigenvalue weighted by Crippen LogP contribution is 2.34. The normalized spacial score (nSPS) is 10.5. The lowest BCUT2D eigenvalue weighted by Gasteiger charge is -2.13. The lowest BCUT2D eigenvalue weighted by Crippen LogP contribution is -2.11. The fourth-order valence-corrected chi connectivity index (χ4v) is 1.95. The summed E-state index contributed by atoms with van der Waals surface area (Å²) in [6.45, 7) is 0. The summed E-state index contributed by atoms with van der Waals surface area (Å²) < 4.78 is 35.7. The van der Waals surface area contributed by atoms with Crippen LogP contribution in [0.25, 0.3) is 0 Å². The minimum absolute atomic E-state index is 0.0240. The number of carbonyl (C=O) groups excluding carboxylic acids is 1. The number of pyridine rings is 1. The summed E-state index contributed by atoms with van der Waals surface area (Å²) in [6.07, 6.45) is -1.68. The Bertz CT molecular complexity index is 426. The fraction of sp³-hybridized carbons (Fsp3) is 0.400. The van der Waals surface area contributed by atoms with Gasteiger partial charge in [0.2, 0.25) is 0 Å². The average molecular weight is 357 g/mol. The molecule has 0 fully saturated rings. The molecule has 0 amide bonds. The van der Waals surface area contributed by atoms with Gasteiger partial charge >= 0.3 is 5.97 Å². The molecule has 0 aliphatic rings. The Hall–Kier alpha value is -0.990. The maximum Gasteiger partial charge on any atom is 0.311 e. The van der Waals surface area contributed by atoms with Crippen LogP contribution in [0, 0.1) is 3.57 Å². The predicted molar refractivity (Wildman–Crippen MR) is 64.2 cm³/mol. The number of halogens is 3. The van der Waals surface area contributed by atoms with Crippen LogP contribution in [-0.2, 0) is 16.0 Å². The van der Waals surface area contributed by atoms with Crippen molar-refractivity contribution in [2.75, 3.05) is 14.2 Å². The first kappa shape index (κ1) is 14.1. The summed E-state index contributed by atoms with van der Waals surface area (Å²) in [5.74, 6) is -0.572. The SMILES string of the molecule is COC(=O)Cc1ncc(I)c(OC)c1C(F)F. The summed E-state index contributed by atoms with van der Waals surface area (Å²) in [6, 6.07) is 0. The minimum Gasteiger partial charge on any atom is -0.495 e. The smallest absolute Gasteiger partial charge is 0.311 e. The monoisotopic (exact) mass is 357 g/mol. The zero-order chi connectivity index (χ0) is 13.0. The third kappa shape index (κ3) is 3.24. The number of alkyl halides is 2. The van der Waals surface area contributed by atoms with Crippen LogP contribution in [0.15, 0.2) is 6.20 Å². The summed E-state index contributed by atoms with van der Waals surface area (Å²) in [7, 11) is 2.49. The van der Waals surface area contributed by atoms with E-state index in [1.807, 2.05) is 22.6 Å². The van der Waals surface area contributed by atoms with Crippen molar-refractivity contribution in [2.45, 2.75) is 12.8 Å². The van der Waals surface area contributed by atoms with Gasteiger partial charge in [0.05, 0.1) is 35.5 Å². The average Bonchev–Trinajstić information content (AvgIpc) is 2.30. The van der Waals surface area contributed by atoms with Crippen molar-refractivity contribution in [2.24, 2.45) is 0 Å². The largest absolute Gasteiger partial charge is 0.495 e. The molecule has 0 radical (unpaired) electrons. The van der Waals surface area contributed by atoms with Crippen molar-refractivity contribution < 1.29 is 23.0 Å². The van der Waals surface area contributed by atoms with Crippen LogP contribution in [0.2, 0.25) is 0 Å². The van der Waals surface area contributed by atoms with Crippen molar-refractivity contribution in [3.05, 3.63) is 21.0 Å². The van der Waals surface area contributed by atoms with E-state index >= 15 is 0 Å². The summed E-state index contributed by atoms with van der Waals surface area (Å²) in [4.78, 5) is 14.9. The van der Waals surface area contributed by atoms with Gasteiger partial charge in [0.15, 0.2) is 0 Å². The Morgan fingerprint density at radius 2 is 2.18 bits per heavy atom. The number of ether oxygens (including phenoxy) is 2. The van der Waals surface area contributed by atoms with E-state index < -0.39 is 12.4 Å². The molecule has 1 aromatic rings. The van der Waals surface area contributed by atoms with Crippen LogP contribution < -0.4 is 4.74 Å². The number of rotatable bonds is 4. The first-order chi connectivity index (χ1) is 8.01. The van der Waals surface area contributed by atoms with E-state index in [9.17, 15) is 13.6 Å². The third-order valence-electron chi connectivity index (χ3n) is 2.07. The Morgan fingerprint density at radius 1 is 1.53 bits per heavy atom. The predicted octanol–water partition coefficient (Wildman–Crippen LogP) is 2.35. The summed E-state index contributed by atoms with van der Waals surface area (Å²) in [5, 5.41) is 0. The minimum atomic E-state index is -2.76. The molecule has 0 spiro atoms. The van der Waals surface area contributed by atoms with Crippen molar-refractivity contribution in [3.8, 4) is 5.75 Å². The molecule has 4 nitrogen and oxygen atoms in total. The van der Waals surface area contributed by atoms with Gasteiger partial charge in [-0.1, -0.05) is 0 Å². The van der Waals surface area contributed by atoms with E-state index in [1.54, 1.807) is 0 Å². The van der Waals surface area contributed by atoms with Crippen LogP contribution in [0.4, 0.5) is 8.78 Å². The van der Waals surface area contributed by atoms with E-state index in [0.29, 0.717) is 3.57 Å². The summed E-state index contributed by atoms with van der Waals surface area (Å²) in [5.41, 5.74) is -0.381. The first-order valence-corrected chi connectivity index (χ1v) is 5.65. The Labute approximate surface area is 110 Å². The maximum absolute atomic E-state index is 12.9. The Morgan fingerprint density at radius 3 is 2.65 bits per heavy atom. The first-order valence-electron chi connectivity index (χ1n) is 4.57. The molecule has 0 aliphatic carbocycles. The molecule has 0 saturated carbocycles. The number of hydrogen-bond acceptors (Lipinski definition) is 4. The lowest BCUT2D eigenvalue weighted by molar-refractivity contribution is -0.139. The van der Waals surface area contributed by atoms with Crippen LogP contribution in [-0.4, -0.2) is 25.2 Å². The van der Waals surface area contributed by atoms with Crippen molar-refractivity contribution in [1.82, 2.24) is 4.98 Å². The molecule has 17 heavy (non-hydrogen) atoms. The zero-order valence-corrected chi connectivity index (χ0v) is 11.3. The number of aromatic nitrogens is 1. The standard InChI is InChI=1S/C10H10F2INO3/c1-16-7(15)3-6-8(10(11)12)9(17-2)5(13)4-14-6/h4,10H,3H2,1-2H3.